The molecule has 2 aliphatic rings. The molecule has 2 aliphatic heterocycles. The normalized spacial score (nSPS) is 17.8. The van der Waals surface area contributed by atoms with Crippen LogP contribution in [0.2, 0.25) is 0 Å². The van der Waals surface area contributed by atoms with Gasteiger partial charge in [-0.05, 0) is 34.9 Å². The molecule has 0 radical (unpaired) electrons. The molecule has 26 heavy (non-hydrogen) atoms. The zero-order valence-electron chi connectivity index (χ0n) is 14.8. The predicted molar refractivity (Wildman–Crippen MR) is 103 cm³/mol. The van der Waals surface area contributed by atoms with Crippen LogP contribution < -0.4 is 0 Å². The van der Waals surface area contributed by atoms with Gasteiger partial charge < -0.3 is 18.6 Å². The van der Waals surface area contributed by atoms with Gasteiger partial charge in [0.2, 0.25) is 0 Å². The fourth-order valence-electron chi connectivity index (χ4n) is 3.39. The lowest BCUT2D eigenvalue weighted by molar-refractivity contribution is 0.127. The van der Waals surface area contributed by atoms with Crippen molar-refractivity contribution in [3.05, 3.63) is 77.2 Å². The van der Waals surface area contributed by atoms with Gasteiger partial charge in [-0.15, -0.1) is 0 Å². The summed E-state index contributed by atoms with van der Waals surface area (Å²) < 4.78 is 23.9. The van der Waals surface area contributed by atoms with Crippen molar-refractivity contribution in [3.8, 4) is 0 Å². The third kappa shape index (κ3) is 3.94. The first-order valence-corrected chi connectivity index (χ1v) is 9.25. The van der Waals surface area contributed by atoms with E-state index in [9.17, 15) is 0 Å². The topological polar surface area (TPSA) is 36.9 Å². The van der Waals surface area contributed by atoms with Gasteiger partial charge in [-0.1, -0.05) is 60.7 Å². The molecule has 0 saturated carbocycles. The lowest BCUT2D eigenvalue weighted by Crippen LogP contribution is -2.44. The van der Waals surface area contributed by atoms with Crippen molar-refractivity contribution < 1.29 is 18.6 Å². The molecule has 132 valence electrons. The smallest absolute Gasteiger partial charge is 0.408 e. The molecule has 0 aromatic heterocycles. The van der Waals surface area contributed by atoms with Gasteiger partial charge in [0.1, 0.15) is 0 Å². The molecular formula is C20H22B2O4. The van der Waals surface area contributed by atoms with E-state index in [0.717, 1.165) is 34.9 Å². The first-order chi connectivity index (χ1) is 12.9. The summed E-state index contributed by atoms with van der Waals surface area (Å²) in [5.41, 5.74) is 3.26. The van der Waals surface area contributed by atoms with E-state index in [4.69, 9.17) is 18.6 Å². The summed E-state index contributed by atoms with van der Waals surface area (Å²) in [6.45, 7) is 2.71. The zero-order chi connectivity index (χ0) is 17.6. The molecule has 0 amide bonds. The molecule has 0 N–H and O–H groups in total. The minimum atomic E-state index is -0.456. The van der Waals surface area contributed by atoms with Gasteiger partial charge in [0.15, 0.2) is 0 Å². The first kappa shape index (κ1) is 17.6. The zero-order valence-corrected chi connectivity index (χ0v) is 14.8. The largest absolute Gasteiger partial charge is 0.486 e. The molecule has 6 heteroatoms. The van der Waals surface area contributed by atoms with Gasteiger partial charge in [-0.25, -0.2) is 0 Å². The van der Waals surface area contributed by atoms with E-state index in [2.05, 4.69) is 24.3 Å². The molecule has 4 rings (SSSR count). The lowest BCUT2D eigenvalue weighted by Gasteiger charge is -2.30. The Morgan fingerprint density at radius 1 is 0.577 bits per heavy atom. The van der Waals surface area contributed by atoms with Crippen LogP contribution in [-0.4, -0.2) is 40.7 Å². The standard InChI is InChI=1S/C20H22B2O4/c1-3-9-17(10-4-1)19(18-11-5-2-6-12-18)20(21-23-13-7-14-24-21)22-25-15-8-16-26-22/h1-6,9-12H,7-8,13-16H2. The van der Waals surface area contributed by atoms with Crippen molar-refractivity contribution in [2.45, 2.75) is 12.8 Å². The lowest BCUT2D eigenvalue weighted by atomic mass is 9.53. The Kier molecular flexibility index (Phi) is 5.87. The maximum atomic E-state index is 5.98. The Morgan fingerprint density at radius 2 is 0.962 bits per heavy atom. The molecule has 0 atom stereocenters. The summed E-state index contributed by atoms with van der Waals surface area (Å²) in [6.07, 6.45) is 1.81. The SMILES string of the molecule is c1ccc(C(=C(B2OCCCO2)B2OCCCO2)c2ccccc2)cc1. The molecule has 2 aromatic rings. The van der Waals surface area contributed by atoms with E-state index in [1.807, 2.05) is 36.4 Å². The summed E-state index contributed by atoms with van der Waals surface area (Å²) in [5.74, 6) is 0. The van der Waals surface area contributed by atoms with Crippen LogP contribution in [0.25, 0.3) is 5.57 Å². The highest BCUT2D eigenvalue weighted by Crippen LogP contribution is 2.32. The Morgan fingerprint density at radius 3 is 1.35 bits per heavy atom. The molecule has 0 unspecified atom stereocenters. The predicted octanol–water partition coefficient (Wildman–Crippen LogP) is 3.42. The van der Waals surface area contributed by atoms with Crippen LogP contribution >= 0.6 is 0 Å². The number of benzene rings is 2. The molecule has 2 saturated heterocycles. The van der Waals surface area contributed by atoms with Gasteiger partial charge >= 0.3 is 14.2 Å². The minimum Gasteiger partial charge on any atom is -0.408 e. The Balaban J connectivity index is 1.88. The summed E-state index contributed by atoms with van der Waals surface area (Å²) in [7, 11) is -0.912. The summed E-state index contributed by atoms with van der Waals surface area (Å²) >= 11 is 0. The average Bonchev–Trinajstić information content (AvgIpc) is 2.74. The minimum absolute atomic E-state index is 0.456. The Bertz CT molecular complexity index is 662. The van der Waals surface area contributed by atoms with Crippen molar-refractivity contribution >= 4 is 19.8 Å². The van der Waals surface area contributed by atoms with Crippen LogP contribution in [-0.2, 0) is 18.6 Å². The third-order valence-electron chi connectivity index (χ3n) is 4.58. The van der Waals surface area contributed by atoms with Crippen molar-refractivity contribution in [2.24, 2.45) is 0 Å². The molecular weight excluding hydrogens is 326 g/mol. The molecule has 2 aromatic carbocycles. The maximum Gasteiger partial charge on any atom is 0.486 e. The van der Waals surface area contributed by atoms with Gasteiger partial charge in [0, 0.05) is 26.4 Å². The van der Waals surface area contributed by atoms with Crippen LogP contribution in [0.4, 0.5) is 0 Å². The second-order valence-corrected chi connectivity index (χ2v) is 6.42. The van der Waals surface area contributed by atoms with Gasteiger partial charge in [-0.3, -0.25) is 0 Å². The molecule has 4 nitrogen and oxygen atoms in total. The van der Waals surface area contributed by atoms with Gasteiger partial charge in [0.25, 0.3) is 0 Å². The highest BCUT2D eigenvalue weighted by molar-refractivity contribution is 6.79. The summed E-state index contributed by atoms with van der Waals surface area (Å²) in [4.78, 5) is 0. The fourth-order valence-corrected chi connectivity index (χ4v) is 3.39. The van der Waals surface area contributed by atoms with E-state index >= 15 is 0 Å². The van der Waals surface area contributed by atoms with Crippen LogP contribution in [0.15, 0.2) is 66.0 Å². The van der Waals surface area contributed by atoms with E-state index in [1.54, 1.807) is 0 Å². The second-order valence-electron chi connectivity index (χ2n) is 6.42. The van der Waals surface area contributed by atoms with Crippen molar-refractivity contribution in [1.82, 2.24) is 0 Å². The fraction of sp³-hybridized carbons (Fsp3) is 0.300. The number of rotatable bonds is 4. The Hall–Kier alpha value is -1.85. The summed E-state index contributed by atoms with van der Waals surface area (Å²) in [5, 5.41) is 0.918. The maximum absolute atomic E-state index is 5.98. The van der Waals surface area contributed by atoms with Crippen LogP contribution in [0.1, 0.15) is 24.0 Å². The summed E-state index contributed by atoms with van der Waals surface area (Å²) in [6, 6.07) is 20.6. The van der Waals surface area contributed by atoms with Crippen molar-refractivity contribution in [2.75, 3.05) is 26.4 Å². The number of hydrogen-bond donors (Lipinski definition) is 0. The van der Waals surface area contributed by atoms with E-state index < -0.39 is 14.2 Å². The molecule has 0 spiro atoms. The van der Waals surface area contributed by atoms with Crippen molar-refractivity contribution in [3.63, 3.8) is 0 Å². The van der Waals surface area contributed by atoms with E-state index in [0.29, 0.717) is 26.4 Å². The monoisotopic (exact) mass is 348 g/mol. The third-order valence-corrected chi connectivity index (χ3v) is 4.58. The van der Waals surface area contributed by atoms with Gasteiger partial charge in [-0.2, -0.15) is 0 Å². The molecule has 2 heterocycles. The van der Waals surface area contributed by atoms with E-state index in [1.165, 1.54) is 0 Å². The molecule has 2 fully saturated rings. The van der Waals surface area contributed by atoms with Crippen LogP contribution in [0.3, 0.4) is 0 Å². The highest BCUT2D eigenvalue weighted by Gasteiger charge is 2.41. The van der Waals surface area contributed by atoms with Crippen LogP contribution in [0.5, 0.6) is 0 Å². The molecule has 0 aliphatic carbocycles. The van der Waals surface area contributed by atoms with Crippen LogP contribution in [0, 0.1) is 0 Å². The first-order valence-electron chi connectivity index (χ1n) is 9.25. The number of hydrogen-bond acceptors (Lipinski definition) is 4. The molecule has 0 bridgehead atoms. The van der Waals surface area contributed by atoms with Gasteiger partial charge in [0.05, 0.1) is 0 Å². The van der Waals surface area contributed by atoms with Crippen molar-refractivity contribution in [1.29, 1.82) is 0 Å². The highest BCUT2D eigenvalue weighted by atomic mass is 16.6. The second kappa shape index (κ2) is 8.69. The average molecular weight is 348 g/mol. The van der Waals surface area contributed by atoms with E-state index in [-0.39, 0.29) is 0 Å². The quantitative estimate of drug-likeness (QED) is 0.794. The Labute approximate surface area is 155 Å².